The predicted molar refractivity (Wildman–Crippen MR) is 105 cm³/mol. The van der Waals surface area contributed by atoms with Crippen LogP contribution in [-0.4, -0.2) is 50.1 Å². The van der Waals surface area contributed by atoms with E-state index < -0.39 is 35.1 Å². The summed E-state index contributed by atoms with van der Waals surface area (Å²) in [6.45, 7) is -0.959. The summed E-state index contributed by atoms with van der Waals surface area (Å²) in [5, 5.41) is 38.6. The van der Waals surface area contributed by atoms with Crippen molar-refractivity contribution in [3.63, 3.8) is 0 Å². The first kappa shape index (κ1) is 21.4. The van der Waals surface area contributed by atoms with Crippen molar-refractivity contribution in [2.24, 2.45) is 0 Å². The molecule has 1 aliphatic heterocycles. The molecule has 2 N–H and O–H groups in total. The van der Waals surface area contributed by atoms with Crippen molar-refractivity contribution in [1.82, 2.24) is 4.31 Å². The molecule has 0 amide bonds. The van der Waals surface area contributed by atoms with Gasteiger partial charge in [0.25, 0.3) is 0 Å². The minimum absolute atomic E-state index is 0.0482. The number of terminal acetylenes is 1. The zero-order valence-electron chi connectivity index (χ0n) is 15.6. The quantitative estimate of drug-likeness (QED) is 0.692. The molecule has 3 atom stereocenters. The van der Waals surface area contributed by atoms with Crippen LogP contribution >= 0.6 is 0 Å². The summed E-state index contributed by atoms with van der Waals surface area (Å²) in [6.07, 6.45) is 4.30. The van der Waals surface area contributed by atoms with E-state index in [4.69, 9.17) is 16.4 Å². The Hall–Kier alpha value is -3.26. The van der Waals surface area contributed by atoms with Gasteiger partial charge in [-0.3, -0.25) is 0 Å². The Morgan fingerprint density at radius 2 is 2.00 bits per heavy atom. The summed E-state index contributed by atoms with van der Waals surface area (Å²) < 4.78 is 33.9. The minimum Gasteiger partial charge on any atom is -0.486 e. The number of aliphatic hydroxyl groups is 2. The largest absolute Gasteiger partial charge is 0.486 e. The summed E-state index contributed by atoms with van der Waals surface area (Å²) >= 11 is 0. The first-order chi connectivity index (χ1) is 14.3. The van der Waals surface area contributed by atoms with Crippen LogP contribution in [0.5, 0.6) is 5.75 Å². The highest BCUT2D eigenvalue weighted by Gasteiger charge is 2.49. The van der Waals surface area contributed by atoms with Gasteiger partial charge >= 0.3 is 0 Å². The van der Waals surface area contributed by atoms with E-state index in [1.807, 2.05) is 6.07 Å². The monoisotopic (exact) mass is 425 g/mol. The van der Waals surface area contributed by atoms with Crippen LogP contribution < -0.4 is 4.74 Å². The Kier molecular flexibility index (Phi) is 6.17. The second kappa shape index (κ2) is 8.62. The molecule has 0 aromatic heterocycles. The average Bonchev–Trinajstić information content (AvgIpc) is 3.09. The van der Waals surface area contributed by atoms with Crippen LogP contribution in [0.3, 0.4) is 0 Å². The fourth-order valence-electron chi connectivity index (χ4n) is 3.07. The number of ether oxygens (including phenoxy) is 1. The predicted octanol–water partition coefficient (Wildman–Crippen LogP) is 1.06. The van der Waals surface area contributed by atoms with Gasteiger partial charge in [-0.05, 0) is 30.3 Å². The molecular formula is C21H16FN3O4S. The lowest BCUT2D eigenvalue weighted by Crippen LogP contribution is -2.48. The third-order valence-electron chi connectivity index (χ3n) is 4.72. The lowest BCUT2D eigenvalue weighted by molar-refractivity contribution is -0.0640. The van der Waals surface area contributed by atoms with Crippen LogP contribution in [0.15, 0.2) is 41.3 Å². The maximum Gasteiger partial charge on any atom is 0.144 e. The molecule has 1 heterocycles. The molecular weight excluding hydrogens is 409 g/mol. The summed E-state index contributed by atoms with van der Waals surface area (Å²) in [4.78, 5) is 0.210. The highest BCUT2D eigenvalue weighted by molar-refractivity contribution is 7.82. The summed E-state index contributed by atoms with van der Waals surface area (Å²) in [5.41, 5.74) is -1.33. The lowest BCUT2D eigenvalue weighted by atomic mass is 10.0. The van der Waals surface area contributed by atoms with Crippen LogP contribution in [0.1, 0.15) is 16.7 Å². The van der Waals surface area contributed by atoms with E-state index in [1.165, 1.54) is 28.6 Å². The highest BCUT2D eigenvalue weighted by Crippen LogP contribution is 2.30. The molecule has 0 saturated carbocycles. The van der Waals surface area contributed by atoms with Crippen molar-refractivity contribution in [3.8, 4) is 30.2 Å². The molecule has 9 heteroatoms. The standard InChI is InChI=1S/C21H16FN3O4S/c1-2-14-3-6-19(16(7-14)10-24)30(28)25-11-20(21(27,12-25)13-26)29-17-5-4-15(9-23)18(22)8-17/h1,3-8,20,26-27H,11-13H2/t20-,21?,30?/m0/s1. The molecule has 3 rings (SSSR count). The van der Waals surface area contributed by atoms with Gasteiger partial charge in [-0.2, -0.15) is 10.5 Å². The zero-order chi connectivity index (χ0) is 21.9. The number of hydrogen-bond donors (Lipinski definition) is 2. The van der Waals surface area contributed by atoms with E-state index in [9.17, 15) is 24.1 Å². The number of β-amino-alcohol motifs (C(OH)–C–C–N with tert-alkyl or cyclic N) is 1. The zero-order valence-corrected chi connectivity index (χ0v) is 16.4. The van der Waals surface area contributed by atoms with Crippen molar-refractivity contribution < 1.29 is 23.5 Å². The van der Waals surface area contributed by atoms with Gasteiger partial charge in [-0.15, -0.1) is 6.42 Å². The molecule has 2 aromatic rings. The minimum atomic E-state index is -1.84. The average molecular weight is 425 g/mol. The van der Waals surface area contributed by atoms with Crippen molar-refractivity contribution in [2.45, 2.75) is 16.6 Å². The smallest absolute Gasteiger partial charge is 0.144 e. The Balaban J connectivity index is 1.85. The van der Waals surface area contributed by atoms with E-state index in [2.05, 4.69) is 5.92 Å². The summed E-state index contributed by atoms with van der Waals surface area (Å²) in [6, 6.07) is 11.7. The fraction of sp³-hybridized carbons (Fsp3) is 0.238. The topological polar surface area (TPSA) is 118 Å². The number of hydrogen-bond acceptors (Lipinski definition) is 6. The normalized spacial score (nSPS) is 21.9. The molecule has 0 spiro atoms. The maximum atomic E-state index is 13.9. The van der Waals surface area contributed by atoms with Gasteiger partial charge in [0.1, 0.15) is 46.4 Å². The first-order valence-corrected chi connectivity index (χ1v) is 9.83. The third-order valence-corrected chi connectivity index (χ3v) is 6.20. The Morgan fingerprint density at radius 3 is 2.60 bits per heavy atom. The van der Waals surface area contributed by atoms with Gasteiger partial charge in [0, 0.05) is 18.2 Å². The van der Waals surface area contributed by atoms with E-state index in [0.29, 0.717) is 5.56 Å². The first-order valence-electron chi connectivity index (χ1n) is 8.72. The van der Waals surface area contributed by atoms with Gasteiger partial charge in [-0.1, -0.05) is 5.92 Å². The molecule has 0 bridgehead atoms. The molecule has 0 aliphatic carbocycles. The van der Waals surface area contributed by atoms with Crippen molar-refractivity contribution in [3.05, 3.63) is 58.9 Å². The highest BCUT2D eigenvalue weighted by atomic mass is 32.2. The number of nitriles is 2. The Labute approximate surface area is 175 Å². The van der Waals surface area contributed by atoms with Crippen LogP contribution in [0.2, 0.25) is 0 Å². The van der Waals surface area contributed by atoms with E-state index in [1.54, 1.807) is 12.1 Å². The molecule has 152 valence electrons. The molecule has 1 aliphatic rings. The SMILES string of the molecule is C#Cc1ccc(S(=O)N2C[C@H](Oc3ccc(C#N)c(F)c3)C(O)(CO)C2)c(C#N)c1. The lowest BCUT2D eigenvalue weighted by Gasteiger charge is -2.27. The van der Waals surface area contributed by atoms with Crippen molar-refractivity contribution >= 4 is 11.0 Å². The molecule has 2 unspecified atom stereocenters. The molecule has 1 fully saturated rings. The molecule has 30 heavy (non-hydrogen) atoms. The fourth-order valence-corrected chi connectivity index (χ4v) is 4.44. The van der Waals surface area contributed by atoms with Crippen LogP contribution in [0.4, 0.5) is 4.39 Å². The number of aliphatic hydroxyl groups excluding tert-OH is 1. The van der Waals surface area contributed by atoms with E-state index in [-0.39, 0.29) is 34.9 Å². The van der Waals surface area contributed by atoms with Gasteiger partial charge in [0.2, 0.25) is 0 Å². The molecule has 7 nitrogen and oxygen atoms in total. The van der Waals surface area contributed by atoms with Crippen LogP contribution in [0, 0.1) is 40.8 Å². The van der Waals surface area contributed by atoms with Gasteiger partial charge in [0.05, 0.1) is 29.2 Å². The van der Waals surface area contributed by atoms with Crippen LogP contribution in [0.25, 0.3) is 0 Å². The summed E-state index contributed by atoms with van der Waals surface area (Å²) in [7, 11) is -1.84. The van der Waals surface area contributed by atoms with Crippen molar-refractivity contribution in [1.29, 1.82) is 10.5 Å². The number of nitrogens with zero attached hydrogens (tertiary/aromatic N) is 3. The van der Waals surface area contributed by atoms with Gasteiger partial charge in [0.15, 0.2) is 0 Å². The second-order valence-electron chi connectivity index (χ2n) is 6.66. The Morgan fingerprint density at radius 1 is 1.27 bits per heavy atom. The third kappa shape index (κ3) is 4.04. The molecule has 1 saturated heterocycles. The Bertz CT molecular complexity index is 1130. The van der Waals surface area contributed by atoms with Crippen LogP contribution in [-0.2, 0) is 11.0 Å². The number of halogens is 1. The maximum absolute atomic E-state index is 13.9. The summed E-state index contributed by atoms with van der Waals surface area (Å²) in [5.74, 6) is 1.66. The molecule has 0 radical (unpaired) electrons. The van der Waals surface area contributed by atoms with Crippen molar-refractivity contribution in [2.75, 3.05) is 19.7 Å². The van der Waals surface area contributed by atoms with Gasteiger partial charge < -0.3 is 14.9 Å². The molecule has 2 aromatic carbocycles. The number of rotatable bonds is 5. The van der Waals surface area contributed by atoms with Gasteiger partial charge in [-0.25, -0.2) is 12.9 Å². The second-order valence-corrected chi connectivity index (χ2v) is 8.11. The van der Waals surface area contributed by atoms with E-state index >= 15 is 0 Å². The number of benzene rings is 2. The van der Waals surface area contributed by atoms with E-state index in [0.717, 1.165) is 6.07 Å².